The Hall–Kier alpha value is -0.590. The SMILES string of the molecule is O=C1CC=CCCCCCC1. The second-order valence-electron chi connectivity index (χ2n) is 3.17. The summed E-state index contributed by atoms with van der Waals surface area (Å²) < 4.78 is 0. The Morgan fingerprint density at radius 3 is 2.73 bits per heavy atom. The van der Waals surface area contributed by atoms with Gasteiger partial charge < -0.3 is 0 Å². The summed E-state index contributed by atoms with van der Waals surface area (Å²) in [5.74, 6) is 0.406. The summed E-state index contributed by atoms with van der Waals surface area (Å²) in [6, 6.07) is 0. The van der Waals surface area contributed by atoms with Crippen LogP contribution in [0.5, 0.6) is 0 Å². The lowest BCUT2D eigenvalue weighted by molar-refractivity contribution is -0.118. The molecule has 11 heavy (non-hydrogen) atoms. The molecule has 0 heterocycles. The van der Waals surface area contributed by atoms with Gasteiger partial charge in [-0.1, -0.05) is 25.0 Å². The Balaban J connectivity index is 2.30. The summed E-state index contributed by atoms with van der Waals surface area (Å²) in [5, 5.41) is 0. The smallest absolute Gasteiger partial charge is 0.136 e. The van der Waals surface area contributed by atoms with Crippen LogP contribution in [0.15, 0.2) is 12.2 Å². The average Bonchev–Trinajstić information content (AvgIpc) is 2.03. The first-order valence-electron chi connectivity index (χ1n) is 4.56. The van der Waals surface area contributed by atoms with Crippen molar-refractivity contribution in [2.24, 2.45) is 0 Å². The number of Topliss-reactive ketones (excluding diaryl/α,β-unsaturated/α-hetero) is 1. The number of ketones is 1. The predicted molar refractivity (Wildman–Crippen MR) is 46.5 cm³/mol. The summed E-state index contributed by atoms with van der Waals surface area (Å²) >= 11 is 0. The quantitative estimate of drug-likeness (QED) is 0.488. The summed E-state index contributed by atoms with van der Waals surface area (Å²) in [7, 11) is 0. The highest BCUT2D eigenvalue weighted by Gasteiger charge is 1.99. The van der Waals surface area contributed by atoms with Crippen LogP contribution in [0.3, 0.4) is 0 Å². The highest BCUT2D eigenvalue weighted by atomic mass is 16.1. The standard InChI is InChI=1S/C10H16O/c11-10-8-6-4-2-1-3-5-7-9-10/h4,6H,1-3,5,7-9H2. The Labute approximate surface area is 68.5 Å². The molecule has 0 saturated heterocycles. The maximum absolute atomic E-state index is 11.0. The van der Waals surface area contributed by atoms with E-state index in [1.165, 1.54) is 19.3 Å². The molecule has 0 amide bonds. The van der Waals surface area contributed by atoms with Crippen LogP contribution in [0.25, 0.3) is 0 Å². The van der Waals surface area contributed by atoms with Gasteiger partial charge >= 0.3 is 0 Å². The third kappa shape index (κ3) is 3.97. The lowest BCUT2D eigenvalue weighted by Crippen LogP contribution is -1.96. The molecule has 1 nitrogen and oxygen atoms in total. The molecule has 1 rings (SSSR count). The van der Waals surface area contributed by atoms with Crippen molar-refractivity contribution in [3.63, 3.8) is 0 Å². The minimum Gasteiger partial charge on any atom is -0.299 e. The van der Waals surface area contributed by atoms with E-state index in [9.17, 15) is 4.79 Å². The largest absolute Gasteiger partial charge is 0.299 e. The lowest BCUT2D eigenvalue weighted by Gasteiger charge is -2.01. The van der Waals surface area contributed by atoms with E-state index in [0.717, 1.165) is 19.3 Å². The van der Waals surface area contributed by atoms with Crippen LogP contribution in [0.2, 0.25) is 0 Å². The molecule has 0 N–H and O–H groups in total. The fourth-order valence-corrected chi connectivity index (χ4v) is 1.37. The maximum Gasteiger partial charge on any atom is 0.136 e. The van der Waals surface area contributed by atoms with E-state index in [2.05, 4.69) is 6.08 Å². The van der Waals surface area contributed by atoms with Gasteiger partial charge in [0, 0.05) is 12.8 Å². The molecular weight excluding hydrogens is 136 g/mol. The number of carbonyl (C=O) groups is 1. The molecule has 1 aliphatic rings. The minimum absolute atomic E-state index is 0.406. The maximum atomic E-state index is 11.0. The number of carbonyl (C=O) groups excluding carboxylic acids is 1. The van der Waals surface area contributed by atoms with Gasteiger partial charge in [0.25, 0.3) is 0 Å². The summed E-state index contributed by atoms with van der Waals surface area (Å²) in [6.07, 6.45) is 11.7. The van der Waals surface area contributed by atoms with Crippen molar-refractivity contribution in [1.82, 2.24) is 0 Å². The van der Waals surface area contributed by atoms with Crippen molar-refractivity contribution >= 4 is 5.78 Å². The zero-order valence-electron chi connectivity index (χ0n) is 7.01. The molecule has 0 radical (unpaired) electrons. The van der Waals surface area contributed by atoms with E-state index in [4.69, 9.17) is 0 Å². The fraction of sp³-hybridized carbons (Fsp3) is 0.700. The van der Waals surface area contributed by atoms with Crippen molar-refractivity contribution in [3.05, 3.63) is 12.2 Å². The first-order chi connectivity index (χ1) is 5.39. The van der Waals surface area contributed by atoms with Gasteiger partial charge in [-0.2, -0.15) is 0 Å². The molecule has 0 bridgehead atoms. The van der Waals surface area contributed by atoms with Crippen molar-refractivity contribution < 1.29 is 4.79 Å². The van der Waals surface area contributed by atoms with E-state index in [1.54, 1.807) is 0 Å². The topological polar surface area (TPSA) is 17.1 Å². The van der Waals surface area contributed by atoms with Crippen LogP contribution in [-0.4, -0.2) is 5.78 Å². The van der Waals surface area contributed by atoms with Crippen LogP contribution >= 0.6 is 0 Å². The average molecular weight is 152 g/mol. The molecule has 1 heteroatoms. The van der Waals surface area contributed by atoms with Crippen LogP contribution in [0.1, 0.15) is 44.9 Å². The van der Waals surface area contributed by atoms with Gasteiger partial charge in [0.1, 0.15) is 5.78 Å². The first-order valence-corrected chi connectivity index (χ1v) is 4.56. The second-order valence-corrected chi connectivity index (χ2v) is 3.17. The summed E-state index contributed by atoms with van der Waals surface area (Å²) in [5.41, 5.74) is 0. The summed E-state index contributed by atoms with van der Waals surface area (Å²) in [6.45, 7) is 0. The molecule has 0 aliphatic heterocycles. The van der Waals surface area contributed by atoms with Crippen LogP contribution in [0, 0.1) is 0 Å². The van der Waals surface area contributed by atoms with Gasteiger partial charge in [-0.05, 0) is 19.3 Å². The zero-order chi connectivity index (χ0) is 7.94. The normalized spacial score (nSPS) is 21.6. The van der Waals surface area contributed by atoms with Crippen LogP contribution < -0.4 is 0 Å². The van der Waals surface area contributed by atoms with Crippen LogP contribution in [0.4, 0.5) is 0 Å². The Bertz CT molecular complexity index is 147. The highest BCUT2D eigenvalue weighted by molar-refractivity contribution is 5.79. The van der Waals surface area contributed by atoms with Gasteiger partial charge in [-0.3, -0.25) is 4.79 Å². The van der Waals surface area contributed by atoms with E-state index in [0.29, 0.717) is 12.2 Å². The molecule has 0 spiro atoms. The van der Waals surface area contributed by atoms with Gasteiger partial charge in [0.2, 0.25) is 0 Å². The van der Waals surface area contributed by atoms with Gasteiger partial charge in [-0.15, -0.1) is 0 Å². The van der Waals surface area contributed by atoms with E-state index < -0.39 is 0 Å². The molecule has 62 valence electrons. The van der Waals surface area contributed by atoms with Crippen LogP contribution in [-0.2, 0) is 4.79 Å². The molecule has 0 saturated carbocycles. The molecule has 1 aliphatic carbocycles. The Kier molecular flexibility index (Phi) is 3.95. The number of allylic oxidation sites excluding steroid dienone is 2. The lowest BCUT2D eigenvalue weighted by atomic mass is 10.0. The van der Waals surface area contributed by atoms with Gasteiger partial charge in [0.05, 0.1) is 0 Å². The summed E-state index contributed by atoms with van der Waals surface area (Å²) in [4.78, 5) is 11.0. The van der Waals surface area contributed by atoms with Crippen molar-refractivity contribution in [2.45, 2.75) is 44.9 Å². The molecule has 0 atom stereocenters. The molecular formula is C10H16O. The van der Waals surface area contributed by atoms with Gasteiger partial charge in [0.15, 0.2) is 0 Å². The Morgan fingerprint density at radius 1 is 1.00 bits per heavy atom. The van der Waals surface area contributed by atoms with Crippen molar-refractivity contribution in [3.8, 4) is 0 Å². The van der Waals surface area contributed by atoms with E-state index in [1.807, 2.05) is 6.08 Å². The third-order valence-corrected chi connectivity index (χ3v) is 2.09. The van der Waals surface area contributed by atoms with Gasteiger partial charge in [-0.25, -0.2) is 0 Å². The van der Waals surface area contributed by atoms with E-state index in [-0.39, 0.29) is 0 Å². The number of rotatable bonds is 0. The highest BCUT2D eigenvalue weighted by Crippen LogP contribution is 2.09. The van der Waals surface area contributed by atoms with Crippen molar-refractivity contribution in [1.29, 1.82) is 0 Å². The van der Waals surface area contributed by atoms with E-state index >= 15 is 0 Å². The zero-order valence-corrected chi connectivity index (χ0v) is 7.01. The Morgan fingerprint density at radius 2 is 1.82 bits per heavy atom. The monoisotopic (exact) mass is 152 g/mol. The predicted octanol–water partition coefficient (Wildman–Crippen LogP) is 2.86. The fourth-order valence-electron chi connectivity index (χ4n) is 1.37. The molecule has 0 fully saturated rings. The molecule has 0 aromatic heterocycles. The molecule has 0 unspecified atom stereocenters. The molecule has 0 aromatic carbocycles. The third-order valence-electron chi connectivity index (χ3n) is 2.09. The minimum atomic E-state index is 0.406. The van der Waals surface area contributed by atoms with Crippen molar-refractivity contribution in [2.75, 3.05) is 0 Å². The first kappa shape index (κ1) is 8.51. The molecule has 0 aromatic rings. The number of hydrogen-bond acceptors (Lipinski definition) is 1. The number of hydrogen-bond donors (Lipinski definition) is 0. The second kappa shape index (κ2) is 5.11.